The molecule has 3 heterocycles. The fourth-order valence-electron chi connectivity index (χ4n) is 3.33. The van der Waals surface area contributed by atoms with Crippen molar-refractivity contribution in [1.29, 1.82) is 0 Å². The van der Waals surface area contributed by atoms with E-state index in [9.17, 15) is 4.79 Å². The van der Waals surface area contributed by atoms with Crippen LogP contribution in [0.4, 0.5) is 5.82 Å². The number of aromatic nitrogens is 5. The van der Waals surface area contributed by atoms with Crippen LogP contribution in [-0.4, -0.2) is 30.6 Å². The number of benzene rings is 1. The lowest BCUT2D eigenvalue weighted by Crippen LogP contribution is -2.15. The van der Waals surface area contributed by atoms with Gasteiger partial charge in [-0.05, 0) is 38.5 Å². The molecule has 4 rings (SSSR count). The first-order valence-electron chi connectivity index (χ1n) is 9.36. The maximum absolute atomic E-state index is 13.0. The molecule has 7 nitrogen and oxygen atoms in total. The van der Waals surface area contributed by atoms with Crippen LogP contribution in [0.2, 0.25) is 0 Å². The molecule has 4 aromatic rings. The molecular formula is C21H22N6O. The van der Waals surface area contributed by atoms with Gasteiger partial charge in [0.2, 0.25) is 0 Å². The largest absolute Gasteiger partial charge is 0.358 e. The molecule has 0 saturated heterocycles. The van der Waals surface area contributed by atoms with Crippen molar-refractivity contribution in [3.63, 3.8) is 0 Å². The number of amides is 1. The normalized spacial score (nSPS) is 11.3. The van der Waals surface area contributed by atoms with Crippen molar-refractivity contribution >= 4 is 22.6 Å². The molecular weight excluding hydrogens is 352 g/mol. The molecule has 1 aromatic carbocycles. The number of nitrogens with one attached hydrogen (secondary N) is 2. The van der Waals surface area contributed by atoms with Gasteiger partial charge in [-0.2, -0.15) is 0 Å². The zero-order chi connectivity index (χ0) is 19.7. The molecule has 0 aliphatic carbocycles. The zero-order valence-electron chi connectivity index (χ0n) is 16.1. The Morgan fingerprint density at radius 1 is 1.18 bits per heavy atom. The number of hydrogen-bond donors (Lipinski definition) is 2. The predicted molar refractivity (Wildman–Crippen MR) is 109 cm³/mol. The van der Waals surface area contributed by atoms with Gasteiger partial charge in [0.1, 0.15) is 17.8 Å². The van der Waals surface area contributed by atoms with Gasteiger partial charge in [-0.3, -0.25) is 4.79 Å². The fourth-order valence-corrected chi connectivity index (χ4v) is 3.33. The van der Waals surface area contributed by atoms with Crippen LogP contribution in [0.3, 0.4) is 0 Å². The minimum absolute atomic E-state index is 0.177. The van der Waals surface area contributed by atoms with Gasteiger partial charge in [0.25, 0.3) is 5.91 Å². The summed E-state index contributed by atoms with van der Waals surface area (Å²) in [6.45, 7) is 6.14. The van der Waals surface area contributed by atoms with E-state index in [1.165, 1.54) is 0 Å². The Kier molecular flexibility index (Phi) is 4.65. The number of carbonyl (C=O) groups excluding carboxylic acids is 1. The Labute approximate surface area is 162 Å². The van der Waals surface area contributed by atoms with Gasteiger partial charge in [-0.1, -0.05) is 31.2 Å². The van der Waals surface area contributed by atoms with Crippen LogP contribution in [0.5, 0.6) is 0 Å². The highest BCUT2D eigenvalue weighted by atomic mass is 16.1. The van der Waals surface area contributed by atoms with Crippen LogP contribution < -0.4 is 5.32 Å². The number of H-pyrrole nitrogens is 1. The summed E-state index contributed by atoms with van der Waals surface area (Å²) in [6.07, 6.45) is 2.43. The van der Waals surface area contributed by atoms with Crippen LogP contribution in [-0.2, 0) is 6.42 Å². The van der Waals surface area contributed by atoms with E-state index in [-0.39, 0.29) is 11.9 Å². The van der Waals surface area contributed by atoms with E-state index in [1.54, 1.807) is 12.4 Å². The smallest absolute Gasteiger partial charge is 0.259 e. The molecule has 0 unspecified atom stereocenters. The average molecular weight is 374 g/mol. The van der Waals surface area contributed by atoms with E-state index in [0.29, 0.717) is 22.9 Å². The van der Waals surface area contributed by atoms with Crippen LogP contribution >= 0.6 is 0 Å². The first kappa shape index (κ1) is 17.9. The van der Waals surface area contributed by atoms with Crippen LogP contribution in [0.1, 0.15) is 42.9 Å². The summed E-state index contributed by atoms with van der Waals surface area (Å²) in [5.41, 5.74) is 3.19. The Morgan fingerprint density at radius 3 is 2.79 bits per heavy atom. The number of nitrogens with zero attached hydrogens (tertiary/aromatic N) is 4. The van der Waals surface area contributed by atoms with Gasteiger partial charge in [0.15, 0.2) is 5.82 Å². The number of rotatable bonds is 5. The van der Waals surface area contributed by atoms with E-state index in [1.807, 2.05) is 47.9 Å². The maximum atomic E-state index is 13.0. The van der Waals surface area contributed by atoms with E-state index in [4.69, 9.17) is 0 Å². The highest BCUT2D eigenvalue weighted by Gasteiger charge is 2.18. The summed E-state index contributed by atoms with van der Waals surface area (Å²) in [5, 5.41) is 12.0. The second kappa shape index (κ2) is 7.26. The van der Waals surface area contributed by atoms with E-state index in [0.717, 1.165) is 23.0 Å². The molecule has 28 heavy (non-hydrogen) atoms. The zero-order valence-corrected chi connectivity index (χ0v) is 16.1. The summed E-state index contributed by atoms with van der Waals surface area (Å²) in [7, 11) is 0. The van der Waals surface area contributed by atoms with Crippen molar-refractivity contribution in [2.45, 2.75) is 33.2 Å². The minimum Gasteiger partial charge on any atom is -0.358 e. The average Bonchev–Trinajstić information content (AvgIpc) is 3.32. The standard InChI is InChI=1S/C21H22N6O/c1-4-15-19(14-8-5-6-9-16(14)23-15)21(28)25-18-11-7-10-17(24-18)20-26-22-12-27(20)13(2)3/h5-13,23H,4H2,1-3H3,(H,24,25,28). The molecule has 0 saturated carbocycles. The van der Waals surface area contributed by atoms with Gasteiger partial charge < -0.3 is 14.9 Å². The Morgan fingerprint density at radius 2 is 2.00 bits per heavy atom. The van der Waals surface area contributed by atoms with E-state index in [2.05, 4.69) is 39.3 Å². The monoisotopic (exact) mass is 374 g/mol. The molecule has 2 N–H and O–H groups in total. The number of para-hydroxylation sites is 1. The lowest BCUT2D eigenvalue weighted by atomic mass is 10.1. The number of aromatic amines is 1. The third kappa shape index (κ3) is 3.15. The maximum Gasteiger partial charge on any atom is 0.259 e. The number of pyridine rings is 1. The molecule has 0 atom stereocenters. The summed E-state index contributed by atoms with van der Waals surface area (Å²) in [6, 6.07) is 13.5. The molecule has 7 heteroatoms. The molecule has 0 bridgehead atoms. The quantitative estimate of drug-likeness (QED) is 0.547. The van der Waals surface area contributed by atoms with Crippen molar-refractivity contribution in [3.05, 3.63) is 60.0 Å². The number of hydrogen-bond acceptors (Lipinski definition) is 4. The first-order chi connectivity index (χ1) is 13.6. The van der Waals surface area contributed by atoms with Gasteiger partial charge in [-0.15, -0.1) is 10.2 Å². The van der Waals surface area contributed by atoms with Crippen LogP contribution in [0.25, 0.3) is 22.4 Å². The van der Waals surface area contributed by atoms with Gasteiger partial charge in [-0.25, -0.2) is 4.98 Å². The Balaban J connectivity index is 1.67. The second-order valence-electron chi connectivity index (χ2n) is 6.90. The molecule has 3 aromatic heterocycles. The van der Waals surface area contributed by atoms with Gasteiger partial charge >= 0.3 is 0 Å². The highest BCUT2D eigenvalue weighted by Crippen LogP contribution is 2.25. The highest BCUT2D eigenvalue weighted by molar-refractivity contribution is 6.13. The molecule has 0 spiro atoms. The summed E-state index contributed by atoms with van der Waals surface area (Å²) in [4.78, 5) is 20.9. The lowest BCUT2D eigenvalue weighted by Gasteiger charge is -2.11. The molecule has 0 aliphatic heterocycles. The SMILES string of the molecule is CCc1[nH]c2ccccc2c1C(=O)Nc1cccc(-c2nncn2C(C)C)n1. The van der Waals surface area contributed by atoms with Crippen molar-refractivity contribution in [1.82, 2.24) is 24.7 Å². The second-order valence-corrected chi connectivity index (χ2v) is 6.90. The van der Waals surface area contributed by atoms with Crippen molar-refractivity contribution in [3.8, 4) is 11.5 Å². The minimum atomic E-state index is -0.177. The third-order valence-electron chi connectivity index (χ3n) is 4.71. The number of aryl methyl sites for hydroxylation is 1. The third-order valence-corrected chi connectivity index (χ3v) is 4.71. The van der Waals surface area contributed by atoms with E-state index >= 15 is 0 Å². The Hall–Kier alpha value is -3.48. The fraction of sp³-hybridized carbons (Fsp3) is 0.238. The van der Waals surface area contributed by atoms with Crippen molar-refractivity contribution in [2.24, 2.45) is 0 Å². The first-order valence-corrected chi connectivity index (χ1v) is 9.36. The number of fused-ring (bicyclic) bond motifs is 1. The van der Waals surface area contributed by atoms with Crippen LogP contribution in [0.15, 0.2) is 48.8 Å². The summed E-state index contributed by atoms with van der Waals surface area (Å²) < 4.78 is 1.95. The molecule has 0 fully saturated rings. The van der Waals surface area contributed by atoms with Crippen molar-refractivity contribution in [2.75, 3.05) is 5.32 Å². The molecule has 0 aliphatic rings. The topological polar surface area (TPSA) is 88.5 Å². The molecule has 1 amide bonds. The summed E-state index contributed by atoms with van der Waals surface area (Å²) in [5.74, 6) is 0.977. The summed E-state index contributed by atoms with van der Waals surface area (Å²) >= 11 is 0. The van der Waals surface area contributed by atoms with Crippen molar-refractivity contribution < 1.29 is 4.79 Å². The predicted octanol–water partition coefficient (Wildman–Crippen LogP) is 4.22. The van der Waals surface area contributed by atoms with Crippen LogP contribution in [0, 0.1) is 0 Å². The number of anilines is 1. The van der Waals surface area contributed by atoms with E-state index < -0.39 is 0 Å². The molecule has 0 radical (unpaired) electrons. The number of carbonyl (C=O) groups is 1. The van der Waals surface area contributed by atoms with Gasteiger partial charge in [0.05, 0.1) is 5.56 Å². The lowest BCUT2D eigenvalue weighted by molar-refractivity contribution is 0.102. The Bertz CT molecular complexity index is 1140. The van der Waals surface area contributed by atoms with Gasteiger partial charge in [0, 0.05) is 22.6 Å². The molecule has 142 valence electrons.